The van der Waals surface area contributed by atoms with Crippen molar-refractivity contribution in [3.05, 3.63) is 72.1 Å². The van der Waals surface area contributed by atoms with Gasteiger partial charge < -0.3 is 19.9 Å². The van der Waals surface area contributed by atoms with Gasteiger partial charge in [0.25, 0.3) is 5.91 Å². The molecule has 0 spiro atoms. The Hall–Kier alpha value is -3.49. The molecule has 1 aromatic heterocycles. The van der Waals surface area contributed by atoms with E-state index in [0.29, 0.717) is 23.0 Å². The van der Waals surface area contributed by atoms with Crippen molar-refractivity contribution >= 4 is 51.8 Å². The number of amides is 2. The lowest BCUT2D eigenvalue weighted by Gasteiger charge is -2.13. The third-order valence-electron chi connectivity index (χ3n) is 5.88. The van der Waals surface area contributed by atoms with Crippen molar-refractivity contribution in [1.29, 1.82) is 0 Å². The molecule has 0 bridgehead atoms. The number of hydrogen-bond donors (Lipinski definition) is 2. The summed E-state index contributed by atoms with van der Waals surface area (Å²) in [6.07, 6.45) is 5.81. The van der Waals surface area contributed by atoms with Crippen molar-refractivity contribution in [2.75, 3.05) is 18.1 Å². The molecule has 2 fully saturated rings. The summed E-state index contributed by atoms with van der Waals surface area (Å²) in [6.45, 7) is 1.48. The highest BCUT2D eigenvalue weighted by atomic mass is 32.1. The normalized spacial score (nSPS) is 19.5. The summed E-state index contributed by atoms with van der Waals surface area (Å²) >= 11 is 5.41. The van der Waals surface area contributed by atoms with Crippen molar-refractivity contribution in [2.45, 2.75) is 25.5 Å². The van der Waals surface area contributed by atoms with E-state index >= 15 is 0 Å². The first-order valence-corrected chi connectivity index (χ1v) is 11.4. The minimum Gasteiger partial charge on any atom is -0.376 e. The molecule has 1 atom stereocenters. The minimum absolute atomic E-state index is 0.0723. The fourth-order valence-electron chi connectivity index (χ4n) is 4.27. The van der Waals surface area contributed by atoms with Gasteiger partial charge in [0.1, 0.15) is 12.2 Å². The zero-order chi connectivity index (χ0) is 22.8. The molecule has 2 aliphatic rings. The Morgan fingerprint density at radius 3 is 2.76 bits per heavy atom. The zero-order valence-corrected chi connectivity index (χ0v) is 18.8. The van der Waals surface area contributed by atoms with E-state index in [4.69, 9.17) is 17.0 Å². The SMILES string of the molecule is O=C(Cn1cc(/C=C2\NC(=S)N(c3ccccc3)C2=O)c2ccccc21)NC[C@@H]1CCCO1. The number of ether oxygens (including phenoxy) is 1. The summed E-state index contributed by atoms with van der Waals surface area (Å²) in [4.78, 5) is 27.1. The van der Waals surface area contributed by atoms with Gasteiger partial charge in [0.05, 0.1) is 11.8 Å². The van der Waals surface area contributed by atoms with Gasteiger partial charge in [-0.2, -0.15) is 0 Å². The number of aromatic nitrogens is 1. The second kappa shape index (κ2) is 9.17. The molecule has 33 heavy (non-hydrogen) atoms. The molecule has 7 nitrogen and oxygen atoms in total. The van der Waals surface area contributed by atoms with E-state index < -0.39 is 0 Å². The van der Waals surface area contributed by atoms with Gasteiger partial charge in [-0.25, -0.2) is 0 Å². The Balaban J connectivity index is 1.39. The van der Waals surface area contributed by atoms with Crippen LogP contribution in [0, 0.1) is 0 Å². The van der Waals surface area contributed by atoms with Gasteiger partial charge in [-0.1, -0.05) is 36.4 Å². The number of anilines is 1. The highest BCUT2D eigenvalue weighted by Gasteiger charge is 2.32. The van der Waals surface area contributed by atoms with Crippen LogP contribution in [-0.2, 0) is 20.9 Å². The van der Waals surface area contributed by atoms with Crippen LogP contribution in [0.2, 0.25) is 0 Å². The van der Waals surface area contributed by atoms with Crippen LogP contribution in [0.4, 0.5) is 5.69 Å². The van der Waals surface area contributed by atoms with Crippen molar-refractivity contribution in [1.82, 2.24) is 15.2 Å². The number of thiocarbonyl (C=S) groups is 1. The Morgan fingerprint density at radius 2 is 1.97 bits per heavy atom. The van der Waals surface area contributed by atoms with E-state index in [1.54, 1.807) is 6.08 Å². The van der Waals surface area contributed by atoms with E-state index in [2.05, 4.69) is 10.6 Å². The van der Waals surface area contributed by atoms with Crippen LogP contribution in [0.5, 0.6) is 0 Å². The first-order valence-electron chi connectivity index (χ1n) is 11.0. The molecular formula is C25H24N4O3S. The number of benzene rings is 2. The van der Waals surface area contributed by atoms with E-state index in [1.165, 1.54) is 4.90 Å². The molecular weight excluding hydrogens is 436 g/mol. The summed E-state index contributed by atoms with van der Waals surface area (Å²) < 4.78 is 7.48. The Bertz CT molecular complexity index is 1250. The largest absolute Gasteiger partial charge is 0.376 e. The fourth-order valence-corrected chi connectivity index (χ4v) is 4.57. The Morgan fingerprint density at radius 1 is 1.18 bits per heavy atom. The maximum atomic E-state index is 13.1. The smallest absolute Gasteiger partial charge is 0.281 e. The maximum Gasteiger partial charge on any atom is 0.281 e. The van der Waals surface area contributed by atoms with E-state index in [0.717, 1.165) is 35.9 Å². The van der Waals surface area contributed by atoms with Crippen molar-refractivity contribution in [2.24, 2.45) is 0 Å². The highest BCUT2D eigenvalue weighted by molar-refractivity contribution is 7.80. The number of rotatable bonds is 6. The number of carbonyl (C=O) groups is 2. The predicted octanol–water partition coefficient (Wildman–Crippen LogP) is 3.20. The van der Waals surface area contributed by atoms with Gasteiger partial charge in [-0.3, -0.25) is 14.5 Å². The van der Waals surface area contributed by atoms with Crippen LogP contribution >= 0.6 is 12.2 Å². The maximum absolute atomic E-state index is 13.1. The van der Waals surface area contributed by atoms with Gasteiger partial charge in [0, 0.05) is 35.8 Å². The summed E-state index contributed by atoms with van der Waals surface area (Å²) in [7, 11) is 0. The highest BCUT2D eigenvalue weighted by Crippen LogP contribution is 2.26. The monoisotopic (exact) mass is 460 g/mol. The topological polar surface area (TPSA) is 75.6 Å². The standard InChI is InChI=1S/C25H24N4O3S/c30-23(26-14-19-9-6-12-32-19)16-28-15-17(20-10-4-5-11-22(20)28)13-21-24(31)29(25(33)27-21)18-7-2-1-3-8-18/h1-5,7-8,10-11,13,15,19H,6,9,12,14,16H2,(H,26,30)(H,27,33)/b21-13-/t19-/m0/s1. The molecule has 0 radical (unpaired) electrons. The van der Waals surface area contributed by atoms with Gasteiger partial charge >= 0.3 is 0 Å². The van der Waals surface area contributed by atoms with Gasteiger partial charge in [-0.05, 0) is 49.3 Å². The Kier molecular flexibility index (Phi) is 5.93. The average molecular weight is 461 g/mol. The summed E-state index contributed by atoms with van der Waals surface area (Å²) in [6, 6.07) is 17.1. The molecule has 5 rings (SSSR count). The second-order valence-electron chi connectivity index (χ2n) is 8.13. The number of carbonyl (C=O) groups excluding carboxylic acids is 2. The van der Waals surface area contributed by atoms with E-state index in [9.17, 15) is 9.59 Å². The van der Waals surface area contributed by atoms with Gasteiger partial charge in [0.15, 0.2) is 5.11 Å². The van der Waals surface area contributed by atoms with Crippen molar-refractivity contribution < 1.29 is 14.3 Å². The number of hydrogen-bond acceptors (Lipinski definition) is 4. The molecule has 0 aliphatic carbocycles. The number of nitrogens with zero attached hydrogens (tertiary/aromatic N) is 2. The lowest BCUT2D eigenvalue weighted by atomic mass is 10.1. The van der Waals surface area contributed by atoms with Crippen LogP contribution < -0.4 is 15.5 Å². The minimum atomic E-state index is -0.211. The average Bonchev–Trinajstić information content (AvgIpc) is 3.53. The first kappa shape index (κ1) is 21.4. The molecule has 168 valence electrons. The number of fused-ring (bicyclic) bond motifs is 1. The van der Waals surface area contributed by atoms with Crippen molar-refractivity contribution in [3.8, 4) is 0 Å². The predicted molar refractivity (Wildman–Crippen MR) is 132 cm³/mol. The van der Waals surface area contributed by atoms with Crippen LogP contribution in [-0.4, -0.2) is 40.7 Å². The molecule has 8 heteroatoms. The lowest BCUT2D eigenvalue weighted by molar-refractivity contribution is -0.122. The van der Waals surface area contributed by atoms with Gasteiger partial charge in [0.2, 0.25) is 5.91 Å². The molecule has 3 aromatic rings. The third-order valence-corrected chi connectivity index (χ3v) is 6.16. The lowest BCUT2D eigenvalue weighted by Crippen LogP contribution is -2.34. The fraction of sp³-hybridized carbons (Fsp3) is 0.240. The molecule has 2 saturated heterocycles. The summed E-state index contributed by atoms with van der Waals surface area (Å²) in [5, 5.41) is 7.30. The molecule has 2 amide bonds. The van der Waals surface area contributed by atoms with E-state index in [-0.39, 0.29) is 24.5 Å². The van der Waals surface area contributed by atoms with Crippen LogP contribution in [0.15, 0.2) is 66.5 Å². The van der Waals surface area contributed by atoms with Crippen LogP contribution in [0.3, 0.4) is 0 Å². The van der Waals surface area contributed by atoms with Crippen LogP contribution in [0.1, 0.15) is 18.4 Å². The molecule has 2 aliphatic heterocycles. The summed E-state index contributed by atoms with van der Waals surface area (Å²) in [5.41, 5.74) is 2.87. The molecule has 3 heterocycles. The molecule has 2 aromatic carbocycles. The van der Waals surface area contributed by atoms with Crippen LogP contribution in [0.25, 0.3) is 17.0 Å². The quantitative estimate of drug-likeness (QED) is 0.437. The summed E-state index contributed by atoms with van der Waals surface area (Å²) in [5.74, 6) is -0.283. The number of para-hydroxylation sites is 2. The first-order chi connectivity index (χ1) is 16.1. The molecule has 2 N–H and O–H groups in total. The van der Waals surface area contributed by atoms with Gasteiger partial charge in [-0.15, -0.1) is 0 Å². The second-order valence-corrected chi connectivity index (χ2v) is 8.52. The molecule has 0 unspecified atom stereocenters. The third kappa shape index (κ3) is 4.40. The van der Waals surface area contributed by atoms with Crippen molar-refractivity contribution in [3.63, 3.8) is 0 Å². The van der Waals surface area contributed by atoms with E-state index in [1.807, 2.05) is 65.4 Å². The molecule has 0 saturated carbocycles. The zero-order valence-electron chi connectivity index (χ0n) is 18.0. The Labute approximate surface area is 197 Å². The number of nitrogens with one attached hydrogen (secondary N) is 2.